The summed E-state index contributed by atoms with van der Waals surface area (Å²) in [4.78, 5) is 4.01. The molecular weight excluding hydrogens is 403 g/mol. The lowest BCUT2D eigenvalue weighted by molar-refractivity contribution is 0.570. The predicted octanol–water partition coefficient (Wildman–Crippen LogP) is 4.53. The molecule has 2 heterocycles. The third kappa shape index (κ3) is 3.44. The van der Waals surface area contributed by atoms with E-state index in [0.717, 1.165) is 28.8 Å². The zero-order valence-electron chi connectivity index (χ0n) is 14.6. The van der Waals surface area contributed by atoms with Crippen molar-refractivity contribution >= 4 is 38.3 Å². The molecule has 0 atom stereocenters. The van der Waals surface area contributed by atoms with Crippen LogP contribution >= 0.6 is 11.6 Å². The van der Waals surface area contributed by atoms with Gasteiger partial charge in [-0.3, -0.25) is 9.82 Å². The van der Waals surface area contributed by atoms with Gasteiger partial charge in [-0.15, -0.1) is 0 Å². The number of nitrogens with zero attached hydrogens (tertiary/aromatic N) is 2. The summed E-state index contributed by atoms with van der Waals surface area (Å²) in [6, 6.07) is 13.8. The zero-order valence-corrected chi connectivity index (χ0v) is 16.1. The van der Waals surface area contributed by atoms with Crippen molar-refractivity contribution in [1.82, 2.24) is 15.2 Å². The second-order valence-electron chi connectivity index (χ2n) is 6.16. The minimum absolute atomic E-state index is 0.132. The Labute approximate surface area is 165 Å². The van der Waals surface area contributed by atoms with Crippen LogP contribution in [0.1, 0.15) is 5.69 Å². The van der Waals surface area contributed by atoms with Gasteiger partial charge < -0.3 is 0 Å². The maximum Gasteiger partial charge on any atom is 0.264 e. The summed E-state index contributed by atoms with van der Waals surface area (Å²) in [5.41, 5.74) is 3.35. The number of sulfonamides is 1. The Kier molecular flexibility index (Phi) is 4.52. The van der Waals surface area contributed by atoms with E-state index in [1.165, 1.54) is 6.07 Å². The van der Waals surface area contributed by atoms with Crippen LogP contribution in [0.4, 0.5) is 10.1 Å². The number of aryl methyl sites for hydroxylation is 1. The molecule has 0 aliphatic carbocycles. The lowest BCUT2D eigenvalue weighted by atomic mass is 10.1. The number of hydrogen-bond donors (Lipinski definition) is 2. The van der Waals surface area contributed by atoms with Crippen LogP contribution < -0.4 is 4.72 Å². The van der Waals surface area contributed by atoms with Crippen molar-refractivity contribution in [3.05, 3.63) is 71.1 Å². The quantitative estimate of drug-likeness (QED) is 0.511. The summed E-state index contributed by atoms with van der Waals surface area (Å²) in [5.74, 6) is -0.874. The fraction of sp³-hybridized carbons (Fsp3) is 0.0526. The van der Waals surface area contributed by atoms with Crippen molar-refractivity contribution in [1.29, 1.82) is 0 Å². The van der Waals surface area contributed by atoms with Crippen LogP contribution in [-0.4, -0.2) is 23.6 Å². The normalized spacial score (nSPS) is 11.7. The molecule has 0 radical (unpaired) electrons. The van der Waals surface area contributed by atoms with Crippen molar-refractivity contribution in [2.45, 2.75) is 11.8 Å². The largest absolute Gasteiger partial charge is 0.280 e. The van der Waals surface area contributed by atoms with E-state index in [2.05, 4.69) is 19.9 Å². The molecular formula is C19H14ClFN4O2S. The second-order valence-corrected chi connectivity index (χ2v) is 8.25. The molecule has 2 aromatic heterocycles. The number of fused-ring (bicyclic) bond motifs is 1. The van der Waals surface area contributed by atoms with Gasteiger partial charge in [-0.2, -0.15) is 5.10 Å². The minimum atomic E-state index is -4.11. The molecule has 2 N–H and O–H groups in total. The number of nitrogens with one attached hydrogen (secondary N) is 2. The van der Waals surface area contributed by atoms with Gasteiger partial charge in [-0.1, -0.05) is 23.7 Å². The molecule has 4 aromatic rings. The van der Waals surface area contributed by atoms with Crippen molar-refractivity contribution < 1.29 is 12.8 Å². The highest BCUT2D eigenvalue weighted by Gasteiger charge is 2.19. The number of halogens is 2. The number of pyridine rings is 1. The number of benzene rings is 2. The van der Waals surface area contributed by atoms with E-state index in [1.54, 1.807) is 24.3 Å². The summed E-state index contributed by atoms with van der Waals surface area (Å²) in [6.07, 6.45) is 0. The molecule has 0 aliphatic rings. The van der Waals surface area contributed by atoms with Gasteiger partial charge in [0.1, 0.15) is 10.7 Å². The van der Waals surface area contributed by atoms with Crippen LogP contribution in [0.25, 0.3) is 22.3 Å². The van der Waals surface area contributed by atoms with Gasteiger partial charge in [0.2, 0.25) is 0 Å². The topological polar surface area (TPSA) is 87.7 Å². The Morgan fingerprint density at radius 3 is 2.57 bits per heavy atom. The Bertz CT molecular complexity index is 1290. The van der Waals surface area contributed by atoms with Gasteiger partial charge >= 0.3 is 0 Å². The standard InChI is InChI=1S/C19H14ClFN4O2S/c1-11-15-7-9-17(22-19(15)24-23-11)12-2-5-14(6-3-12)25-28(26,27)18-10-13(20)4-8-16(18)21/h2-10,25H,1H3,(H,22,23,24). The smallest absolute Gasteiger partial charge is 0.264 e. The van der Waals surface area contributed by atoms with Gasteiger partial charge in [0.25, 0.3) is 10.0 Å². The number of anilines is 1. The van der Waals surface area contributed by atoms with Crippen molar-refractivity contribution in [3.63, 3.8) is 0 Å². The van der Waals surface area contributed by atoms with Gasteiger partial charge in [-0.05, 0) is 49.4 Å². The molecule has 0 unspecified atom stereocenters. The molecule has 0 fully saturated rings. The third-order valence-corrected chi connectivity index (χ3v) is 5.86. The molecule has 142 valence electrons. The number of hydrogen-bond acceptors (Lipinski definition) is 4. The predicted molar refractivity (Wildman–Crippen MR) is 106 cm³/mol. The highest BCUT2D eigenvalue weighted by Crippen LogP contribution is 2.25. The number of aromatic amines is 1. The average molecular weight is 417 g/mol. The van der Waals surface area contributed by atoms with Crippen LogP contribution in [0.15, 0.2) is 59.5 Å². The highest BCUT2D eigenvalue weighted by atomic mass is 35.5. The number of H-pyrrole nitrogens is 1. The molecule has 2 aromatic carbocycles. The highest BCUT2D eigenvalue weighted by molar-refractivity contribution is 7.92. The number of aromatic nitrogens is 3. The molecule has 0 spiro atoms. The minimum Gasteiger partial charge on any atom is -0.280 e. The van der Waals surface area contributed by atoms with Gasteiger partial charge in [0.15, 0.2) is 5.65 Å². The summed E-state index contributed by atoms with van der Waals surface area (Å²) in [5, 5.41) is 8.07. The molecule has 0 saturated carbocycles. The monoisotopic (exact) mass is 416 g/mol. The van der Waals surface area contributed by atoms with Crippen LogP contribution in [-0.2, 0) is 10.0 Å². The maximum absolute atomic E-state index is 13.9. The lowest BCUT2D eigenvalue weighted by Crippen LogP contribution is -2.14. The van der Waals surface area contributed by atoms with Crippen LogP contribution in [0.2, 0.25) is 5.02 Å². The van der Waals surface area contributed by atoms with E-state index in [0.29, 0.717) is 17.0 Å². The molecule has 0 aliphatic heterocycles. The molecule has 0 saturated heterocycles. The van der Waals surface area contributed by atoms with Gasteiger partial charge in [0.05, 0.1) is 11.4 Å². The molecule has 0 amide bonds. The second kappa shape index (κ2) is 6.88. The number of rotatable bonds is 4. The van der Waals surface area contributed by atoms with E-state index < -0.39 is 20.7 Å². The lowest BCUT2D eigenvalue weighted by Gasteiger charge is -2.10. The van der Waals surface area contributed by atoms with E-state index >= 15 is 0 Å². The third-order valence-electron chi connectivity index (χ3n) is 4.23. The first kappa shape index (κ1) is 18.4. The van der Waals surface area contributed by atoms with E-state index in [1.807, 2.05) is 19.1 Å². The molecule has 6 nitrogen and oxygen atoms in total. The van der Waals surface area contributed by atoms with Crippen molar-refractivity contribution in [3.8, 4) is 11.3 Å². The Morgan fingerprint density at radius 1 is 1.07 bits per heavy atom. The Hall–Kier alpha value is -2.97. The van der Waals surface area contributed by atoms with E-state index in [9.17, 15) is 12.8 Å². The van der Waals surface area contributed by atoms with Crippen molar-refractivity contribution in [2.24, 2.45) is 0 Å². The Balaban J connectivity index is 1.61. The average Bonchev–Trinajstić information content (AvgIpc) is 3.04. The van der Waals surface area contributed by atoms with E-state index in [4.69, 9.17) is 11.6 Å². The summed E-state index contributed by atoms with van der Waals surface area (Å²) in [7, 11) is -4.11. The summed E-state index contributed by atoms with van der Waals surface area (Å²) >= 11 is 5.78. The fourth-order valence-corrected chi connectivity index (χ4v) is 4.20. The summed E-state index contributed by atoms with van der Waals surface area (Å²) < 4.78 is 41.1. The first-order valence-corrected chi connectivity index (χ1v) is 10.1. The Morgan fingerprint density at radius 2 is 1.82 bits per heavy atom. The zero-order chi connectivity index (χ0) is 19.9. The molecule has 4 rings (SSSR count). The SMILES string of the molecule is Cc1n[nH]c2nc(-c3ccc(NS(=O)(=O)c4cc(Cl)ccc4F)cc3)ccc12. The molecule has 9 heteroatoms. The first-order valence-electron chi connectivity index (χ1n) is 8.23. The van der Waals surface area contributed by atoms with Gasteiger partial charge in [-0.25, -0.2) is 17.8 Å². The fourth-order valence-electron chi connectivity index (χ4n) is 2.80. The van der Waals surface area contributed by atoms with Gasteiger partial charge in [0, 0.05) is 21.7 Å². The first-order chi connectivity index (χ1) is 13.3. The molecule has 0 bridgehead atoms. The van der Waals surface area contributed by atoms with Crippen LogP contribution in [0, 0.1) is 12.7 Å². The van der Waals surface area contributed by atoms with E-state index in [-0.39, 0.29) is 5.02 Å². The van der Waals surface area contributed by atoms with Crippen LogP contribution in [0.5, 0.6) is 0 Å². The van der Waals surface area contributed by atoms with Crippen LogP contribution in [0.3, 0.4) is 0 Å². The van der Waals surface area contributed by atoms with Crippen molar-refractivity contribution in [2.75, 3.05) is 4.72 Å². The summed E-state index contributed by atoms with van der Waals surface area (Å²) in [6.45, 7) is 1.89. The maximum atomic E-state index is 13.9. The molecule has 28 heavy (non-hydrogen) atoms.